The van der Waals surface area contributed by atoms with Gasteiger partial charge in [0.2, 0.25) is 0 Å². The number of ether oxygens (including phenoxy) is 1. The summed E-state index contributed by atoms with van der Waals surface area (Å²) >= 11 is 0. The average molecular weight is 282 g/mol. The van der Waals surface area contributed by atoms with Gasteiger partial charge in [-0.05, 0) is 52.5 Å². The second kappa shape index (κ2) is 7.77. The Labute approximate surface area is 125 Å². The van der Waals surface area contributed by atoms with Crippen LogP contribution in [0.5, 0.6) is 0 Å². The van der Waals surface area contributed by atoms with Crippen LogP contribution >= 0.6 is 0 Å². The molecule has 20 heavy (non-hydrogen) atoms. The van der Waals surface area contributed by atoms with Crippen molar-refractivity contribution in [1.29, 1.82) is 0 Å². The second-order valence-electron chi connectivity index (χ2n) is 7.03. The highest BCUT2D eigenvalue weighted by Gasteiger charge is 2.40. The molecule has 118 valence electrons. The van der Waals surface area contributed by atoms with Crippen molar-refractivity contribution in [2.45, 2.75) is 83.4 Å². The number of nitrogens with zero attached hydrogens (tertiary/aromatic N) is 1. The van der Waals surface area contributed by atoms with Gasteiger partial charge in [-0.25, -0.2) is 0 Å². The first-order valence-electron chi connectivity index (χ1n) is 8.76. The Bertz CT molecular complexity index is 274. The minimum absolute atomic E-state index is 0.374. The van der Waals surface area contributed by atoms with E-state index >= 15 is 0 Å². The molecule has 0 aromatic rings. The van der Waals surface area contributed by atoms with Crippen LogP contribution in [0.25, 0.3) is 0 Å². The molecule has 1 N–H and O–H groups in total. The molecule has 1 saturated carbocycles. The smallest absolute Gasteiger partial charge is 0.0518 e. The third-order valence-electron chi connectivity index (χ3n) is 5.06. The third-order valence-corrected chi connectivity index (χ3v) is 5.06. The lowest BCUT2D eigenvalue weighted by molar-refractivity contribution is 0.0596. The molecule has 0 aromatic heterocycles. The van der Waals surface area contributed by atoms with Gasteiger partial charge in [0.15, 0.2) is 0 Å². The van der Waals surface area contributed by atoms with Crippen molar-refractivity contribution < 1.29 is 4.74 Å². The Hall–Kier alpha value is -0.120. The minimum atomic E-state index is 0.374. The molecule has 2 rings (SSSR count). The van der Waals surface area contributed by atoms with E-state index in [0.29, 0.717) is 11.6 Å². The number of hydrogen-bond donors (Lipinski definition) is 1. The van der Waals surface area contributed by atoms with E-state index in [1.54, 1.807) is 0 Å². The number of nitrogens with one attached hydrogen (secondary N) is 1. The van der Waals surface area contributed by atoms with E-state index < -0.39 is 0 Å². The molecular weight excluding hydrogens is 248 g/mol. The maximum absolute atomic E-state index is 5.65. The molecule has 2 aliphatic rings. The molecule has 1 aliphatic heterocycles. The molecule has 0 aromatic carbocycles. The predicted molar refractivity (Wildman–Crippen MR) is 85.2 cm³/mol. The first kappa shape index (κ1) is 16.3. The predicted octanol–water partition coefficient (Wildman–Crippen LogP) is 3.19. The zero-order valence-electron chi connectivity index (χ0n) is 13.8. The highest BCUT2D eigenvalue weighted by molar-refractivity contribution is 5.00. The van der Waals surface area contributed by atoms with Crippen LogP contribution in [0.4, 0.5) is 0 Å². The first-order valence-corrected chi connectivity index (χ1v) is 8.76. The van der Waals surface area contributed by atoms with Crippen LogP contribution in [-0.2, 0) is 4.74 Å². The van der Waals surface area contributed by atoms with Gasteiger partial charge in [0.1, 0.15) is 0 Å². The van der Waals surface area contributed by atoms with Gasteiger partial charge >= 0.3 is 0 Å². The molecule has 1 heterocycles. The molecule has 0 radical (unpaired) electrons. The van der Waals surface area contributed by atoms with Gasteiger partial charge in [0.25, 0.3) is 0 Å². The van der Waals surface area contributed by atoms with Crippen LogP contribution in [0, 0.1) is 0 Å². The van der Waals surface area contributed by atoms with Crippen LogP contribution in [0.2, 0.25) is 0 Å². The molecule has 1 aliphatic carbocycles. The number of unbranched alkanes of at least 4 members (excludes halogenated alkanes) is 1. The van der Waals surface area contributed by atoms with E-state index in [0.717, 1.165) is 12.6 Å². The zero-order valence-corrected chi connectivity index (χ0v) is 13.8. The van der Waals surface area contributed by atoms with Gasteiger partial charge in [-0.2, -0.15) is 0 Å². The summed E-state index contributed by atoms with van der Waals surface area (Å²) in [5.74, 6) is 0. The molecule has 3 heteroatoms. The van der Waals surface area contributed by atoms with Crippen molar-refractivity contribution in [2.75, 3.05) is 26.2 Å². The van der Waals surface area contributed by atoms with Gasteiger partial charge < -0.3 is 10.1 Å². The van der Waals surface area contributed by atoms with E-state index in [1.165, 1.54) is 64.6 Å². The quantitative estimate of drug-likeness (QED) is 0.726. The summed E-state index contributed by atoms with van der Waals surface area (Å²) in [6, 6.07) is 0.743. The molecule has 1 atom stereocenters. The summed E-state index contributed by atoms with van der Waals surface area (Å²) in [6.45, 7) is 11.2. The molecule has 1 spiro atoms. The van der Waals surface area contributed by atoms with E-state index in [2.05, 4.69) is 31.0 Å². The maximum Gasteiger partial charge on any atom is 0.0518 e. The summed E-state index contributed by atoms with van der Waals surface area (Å²) in [5, 5.41) is 3.88. The largest absolute Gasteiger partial charge is 0.379 e. The Kier molecular flexibility index (Phi) is 6.31. The van der Waals surface area contributed by atoms with Gasteiger partial charge in [-0.3, -0.25) is 4.90 Å². The van der Waals surface area contributed by atoms with Crippen molar-refractivity contribution >= 4 is 0 Å². The lowest BCUT2D eigenvalue weighted by Gasteiger charge is -2.46. The van der Waals surface area contributed by atoms with Crippen molar-refractivity contribution in [3.8, 4) is 0 Å². The van der Waals surface area contributed by atoms with E-state index in [1.807, 2.05) is 0 Å². The fraction of sp³-hybridized carbons (Fsp3) is 1.00. The number of rotatable bonds is 7. The average Bonchev–Trinajstić information content (AvgIpc) is 2.86. The van der Waals surface area contributed by atoms with E-state index in [4.69, 9.17) is 4.74 Å². The standard InChI is InChI=1S/C17H34N2O/c1-4-16-13-18-17(9-5-6-10-17)14-19(16)11-7-8-12-20-15(2)3/h15-16,18H,4-14H2,1-3H3. The third kappa shape index (κ3) is 4.44. The molecule has 0 amide bonds. The first-order chi connectivity index (χ1) is 9.65. The molecule has 2 fully saturated rings. The lowest BCUT2D eigenvalue weighted by Crippen LogP contribution is -2.63. The number of piperazine rings is 1. The molecule has 1 saturated heterocycles. The monoisotopic (exact) mass is 282 g/mol. The lowest BCUT2D eigenvalue weighted by atomic mass is 9.91. The van der Waals surface area contributed by atoms with Gasteiger partial charge in [-0.1, -0.05) is 19.8 Å². The highest BCUT2D eigenvalue weighted by atomic mass is 16.5. The summed E-state index contributed by atoms with van der Waals surface area (Å²) in [4.78, 5) is 2.76. The topological polar surface area (TPSA) is 24.5 Å². The van der Waals surface area contributed by atoms with Crippen LogP contribution in [0.1, 0.15) is 65.7 Å². The normalized spacial score (nSPS) is 26.7. The molecule has 1 unspecified atom stereocenters. The summed E-state index contributed by atoms with van der Waals surface area (Å²) in [6.07, 6.45) is 9.72. The SMILES string of the molecule is CCC1CNC2(CCCC2)CN1CCCCOC(C)C. The molecule has 3 nitrogen and oxygen atoms in total. The van der Waals surface area contributed by atoms with Gasteiger partial charge in [-0.15, -0.1) is 0 Å². The number of hydrogen-bond acceptors (Lipinski definition) is 3. The Balaban J connectivity index is 1.74. The van der Waals surface area contributed by atoms with Crippen molar-refractivity contribution in [1.82, 2.24) is 10.2 Å². The Morgan fingerprint density at radius 1 is 1.25 bits per heavy atom. The summed E-state index contributed by atoms with van der Waals surface area (Å²) < 4.78 is 5.65. The fourth-order valence-electron chi connectivity index (χ4n) is 3.82. The summed E-state index contributed by atoms with van der Waals surface area (Å²) in [5.41, 5.74) is 0.458. The van der Waals surface area contributed by atoms with E-state index in [-0.39, 0.29) is 0 Å². The highest BCUT2D eigenvalue weighted by Crippen LogP contribution is 2.33. The minimum Gasteiger partial charge on any atom is -0.379 e. The maximum atomic E-state index is 5.65. The van der Waals surface area contributed by atoms with Crippen LogP contribution < -0.4 is 5.32 Å². The van der Waals surface area contributed by atoms with Crippen LogP contribution in [0.15, 0.2) is 0 Å². The van der Waals surface area contributed by atoms with Gasteiger partial charge in [0.05, 0.1) is 6.10 Å². The van der Waals surface area contributed by atoms with Crippen molar-refractivity contribution in [3.05, 3.63) is 0 Å². The Morgan fingerprint density at radius 3 is 2.65 bits per heavy atom. The van der Waals surface area contributed by atoms with E-state index in [9.17, 15) is 0 Å². The molecular formula is C17H34N2O. The van der Waals surface area contributed by atoms with Gasteiger partial charge in [0, 0.05) is 31.3 Å². The van der Waals surface area contributed by atoms with Crippen molar-refractivity contribution in [3.63, 3.8) is 0 Å². The second-order valence-corrected chi connectivity index (χ2v) is 7.03. The van der Waals surface area contributed by atoms with Crippen LogP contribution in [0.3, 0.4) is 0 Å². The van der Waals surface area contributed by atoms with Crippen molar-refractivity contribution in [2.24, 2.45) is 0 Å². The Morgan fingerprint density at radius 2 is 2.00 bits per heavy atom. The fourth-order valence-corrected chi connectivity index (χ4v) is 3.82. The molecule has 0 bridgehead atoms. The summed E-state index contributed by atoms with van der Waals surface area (Å²) in [7, 11) is 0. The zero-order chi connectivity index (χ0) is 14.4. The van der Waals surface area contributed by atoms with Crippen LogP contribution in [-0.4, -0.2) is 48.8 Å².